The molecular formula is C12H22O. The summed E-state index contributed by atoms with van der Waals surface area (Å²) in [6.45, 7) is 2.25. The zero-order valence-electron chi connectivity index (χ0n) is 8.71. The molecule has 76 valence electrons. The lowest BCUT2D eigenvalue weighted by Gasteiger charge is -2.30. The van der Waals surface area contributed by atoms with E-state index in [9.17, 15) is 5.11 Å². The Balaban J connectivity index is 1.82. The lowest BCUT2D eigenvalue weighted by atomic mass is 9.79. The van der Waals surface area contributed by atoms with E-state index >= 15 is 0 Å². The van der Waals surface area contributed by atoms with Crippen molar-refractivity contribution in [1.82, 2.24) is 0 Å². The number of rotatable bonds is 3. The summed E-state index contributed by atoms with van der Waals surface area (Å²) >= 11 is 0. The van der Waals surface area contributed by atoms with Crippen LogP contribution < -0.4 is 0 Å². The molecule has 2 saturated carbocycles. The molecule has 2 atom stereocenters. The molecule has 0 aromatic rings. The van der Waals surface area contributed by atoms with E-state index in [-0.39, 0.29) is 6.10 Å². The van der Waals surface area contributed by atoms with E-state index in [0.717, 1.165) is 5.92 Å². The highest BCUT2D eigenvalue weighted by atomic mass is 16.3. The molecule has 0 amide bonds. The fourth-order valence-corrected chi connectivity index (χ4v) is 2.81. The molecule has 0 bridgehead atoms. The molecule has 0 saturated heterocycles. The van der Waals surface area contributed by atoms with Crippen LogP contribution in [0.2, 0.25) is 0 Å². The van der Waals surface area contributed by atoms with Crippen LogP contribution in [0, 0.1) is 17.8 Å². The fourth-order valence-electron chi connectivity index (χ4n) is 2.81. The van der Waals surface area contributed by atoms with Crippen LogP contribution in [0.25, 0.3) is 0 Å². The van der Waals surface area contributed by atoms with Crippen molar-refractivity contribution in [2.45, 2.75) is 58.0 Å². The maximum atomic E-state index is 10.2. The highest BCUT2D eigenvalue weighted by molar-refractivity contribution is 4.86. The van der Waals surface area contributed by atoms with Crippen molar-refractivity contribution in [3.8, 4) is 0 Å². The molecule has 2 aliphatic carbocycles. The van der Waals surface area contributed by atoms with Crippen molar-refractivity contribution in [2.24, 2.45) is 17.8 Å². The zero-order chi connectivity index (χ0) is 9.26. The molecule has 13 heavy (non-hydrogen) atoms. The van der Waals surface area contributed by atoms with Gasteiger partial charge in [0.1, 0.15) is 0 Å². The van der Waals surface area contributed by atoms with E-state index in [4.69, 9.17) is 0 Å². The van der Waals surface area contributed by atoms with Crippen LogP contribution in [0.1, 0.15) is 51.9 Å². The van der Waals surface area contributed by atoms with Crippen molar-refractivity contribution in [3.05, 3.63) is 0 Å². The Morgan fingerprint density at radius 1 is 0.923 bits per heavy atom. The summed E-state index contributed by atoms with van der Waals surface area (Å²) in [6, 6.07) is 0. The first-order valence-electron chi connectivity index (χ1n) is 5.97. The largest absolute Gasteiger partial charge is 0.393 e. The summed E-state index contributed by atoms with van der Waals surface area (Å²) in [4.78, 5) is 0. The predicted molar refractivity (Wildman–Crippen MR) is 54.5 cm³/mol. The van der Waals surface area contributed by atoms with Gasteiger partial charge in [-0.3, -0.25) is 0 Å². The Kier molecular flexibility index (Phi) is 2.92. The number of aliphatic hydroxyl groups excluding tert-OH is 1. The average Bonchev–Trinajstić information content (AvgIpc) is 3.00. The molecule has 2 fully saturated rings. The van der Waals surface area contributed by atoms with Crippen LogP contribution in [0.4, 0.5) is 0 Å². The monoisotopic (exact) mass is 182 g/mol. The van der Waals surface area contributed by atoms with Gasteiger partial charge in [0.2, 0.25) is 0 Å². The lowest BCUT2D eigenvalue weighted by molar-refractivity contribution is 0.0317. The van der Waals surface area contributed by atoms with Gasteiger partial charge in [0.05, 0.1) is 6.10 Å². The van der Waals surface area contributed by atoms with E-state index in [1.807, 2.05) is 0 Å². The van der Waals surface area contributed by atoms with E-state index in [0.29, 0.717) is 11.8 Å². The first kappa shape index (κ1) is 9.51. The summed E-state index contributed by atoms with van der Waals surface area (Å²) in [6.07, 6.45) is 9.37. The van der Waals surface area contributed by atoms with E-state index in [2.05, 4.69) is 6.92 Å². The molecule has 0 heterocycles. The highest BCUT2D eigenvalue weighted by Gasteiger charge is 2.36. The normalized spacial score (nSPS) is 30.0. The molecule has 0 aliphatic heterocycles. The Morgan fingerprint density at radius 3 is 2.08 bits per heavy atom. The van der Waals surface area contributed by atoms with Gasteiger partial charge in [-0.1, -0.05) is 26.2 Å². The molecule has 0 aromatic carbocycles. The second-order valence-corrected chi connectivity index (χ2v) is 5.09. The van der Waals surface area contributed by atoms with Crippen LogP contribution in [0.5, 0.6) is 0 Å². The van der Waals surface area contributed by atoms with Gasteiger partial charge in [0.15, 0.2) is 0 Å². The SMILES string of the molecule is CC(C1CC1)C(O)C1CCCCC1. The number of hydrogen-bond acceptors (Lipinski definition) is 1. The Bertz CT molecular complexity index is 157. The molecule has 2 rings (SSSR count). The van der Waals surface area contributed by atoms with Crippen LogP contribution in [0.15, 0.2) is 0 Å². The topological polar surface area (TPSA) is 20.2 Å². The minimum absolute atomic E-state index is 0.00722. The Morgan fingerprint density at radius 2 is 1.54 bits per heavy atom. The molecule has 0 aromatic heterocycles. The molecule has 1 heteroatoms. The smallest absolute Gasteiger partial charge is 0.0596 e. The van der Waals surface area contributed by atoms with Gasteiger partial charge in [0, 0.05) is 0 Å². The average molecular weight is 182 g/mol. The van der Waals surface area contributed by atoms with Gasteiger partial charge in [-0.05, 0) is 43.4 Å². The Labute approximate surface area is 81.5 Å². The van der Waals surface area contributed by atoms with Gasteiger partial charge >= 0.3 is 0 Å². The molecule has 1 nitrogen and oxygen atoms in total. The van der Waals surface area contributed by atoms with Crippen molar-refractivity contribution in [2.75, 3.05) is 0 Å². The minimum Gasteiger partial charge on any atom is -0.393 e. The molecule has 0 radical (unpaired) electrons. The maximum absolute atomic E-state index is 10.2. The molecule has 0 spiro atoms. The van der Waals surface area contributed by atoms with Gasteiger partial charge < -0.3 is 5.11 Å². The summed E-state index contributed by atoms with van der Waals surface area (Å²) in [5.74, 6) is 2.06. The van der Waals surface area contributed by atoms with Gasteiger partial charge in [-0.25, -0.2) is 0 Å². The standard InChI is InChI=1S/C12H22O/c1-9(10-7-8-10)12(13)11-5-3-2-4-6-11/h9-13H,2-8H2,1H3. The second-order valence-electron chi connectivity index (χ2n) is 5.09. The van der Waals surface area contributed by atoms with Crippen LogP contribution >= 0.6 is 0 Å². The Hall–Kier alpha value is -0.0400. The number of hydrogen-bond donors (Lipinski definition) is 1. The first-order chi connectivity index (χ1) is 6.29. The second kappa shape index (κ2) is 4.00. The zero-order valence-corrected chi connectivity index (χ0v) is 8.71. The quantitative estimate of drug-likeness (QED) is 0.711. The fraction of sp³-hybridized carbons (Fsp3) is 1.00. The lowest BCUT2D eigenvalue weighted by Crippen LogP contribution is -2.30. The van der Waals surface area contributed by atoms with Gasteiger partial charge in [0.25, 0.3) is 0 Å². The number of aliphatic hydroxyl groups is 1. The third kappa shape index (κ3) is 2.25. The van der Waals surface area contributed by atoms with Gasteiger partial charge in [-0.2, -0.15) is 0 Å². The third-order valence-electron chi connectivity index (χ3n) is 4.04. The van der Waals surface area contributed by atoms with Crippen LogP contribution in [-0.2, 0) is 0 Å². The van der Waals surface area contributed by atoms with Crippen molar-refractivity contribution < 1.29 is 5.11 Å². The summed E-state index contributed by atoms with van der Waals surface area (Å²) in [5, 5.41) is 10.2. The minimum atomic E-state index is 0.00722. The van der Waals surface area contributed by atoms with E-state index in [1.54, 1.807) is 0 Å². The molecular weight excluding hydrogens is 160 g/mol. The first-order valence-corrected chi connectivity index (χ1v) is 5.97. The van der Waals surface area contributed by atoms with Crippen molar-refractivity contribution >= 4 is 0 Å². The summed E-state index contributed by atoms with van der Waals surface area (Å²) < 4.78 is 0. The molecule has 2 aliphatic rings. The highest BCUT2D eigenvalue weighted by Crippen LogP contribution is 2.41. The van der Waals surface area contributed by atoms with Crippen LogP contribution in [-0.4, -0.2) is 11.2 Å². The maximum Gasteiger partial charge on any atom is 0.0596 e. The summed E-state index contributed by atoms with van der Waals surface area (Å²) in [7, 11) is 0. The van der Waals surface area contributed by atoms with E-state index < -0.39 is 0 Å². The van der Waals surface area contributed by atoms with Crippen molar-refractivity contribution in [1.29, 1.82) is 0 Å². The molecule has 2 unspecified atom stereocenters. The predicted octanol–water partition coefficient (Wildman–Crippen LogP) is 2.97. The van der Waals surface area contributed by atoms with Gasteiger partial charge in [-0.15, -0.1) is 0 Å². The third-order valence-corrected chi connectivity index (χ3v) is 4.04. The molecule has 1 N–H and O–H groups in total. The van der Waals surface area contributed by atoms with Crippen LogP contribution in [0.3, 0.4) is 0 Å². The van der Waals surface area contributed by atoms with E-state index in [1.165, 1.54) is 44.9 Å². The van der Waals surface area contributed by atoms with Crippen molar-refractivity contribution in [3.63, 3.8) is 0 Å². The summed E-state index contributed by atoms with van der Waals surface area (Å²) in [5.41, 5.74) is 0.